The minimum absolute atomic E-state index is 0.202. The molecule has 0 aliphatic carbocycles. The van der Waals surface area contributed by atoms with Crippen LogP contribution in [-0.4, -0.2) is 58.9 Å². The van der Waals surface area contributed by atoms with Gasteiger partial charge in [-0.05, 0) is 31.2 Å². The largest absolute Gasteiger partial charge is 0.345 e. The molecule has 0 radical (unpaired) electrons. The normalized spacial score (nSPS) is 18.8. The first-order valence-electron chi connectivity index (χ1n) is 8.25. The van der Waals surface area contributed by atoms with E-state index >= 15 is 0 Å². The maximum absolute atomic E-state index is 12.2. The van der Waals surface area contributed by atoms with Crippen molar-refractivity contribution in [1.29, 1.82) is 0 Å². The highest BCUT2D eigenvalue weighted by Crippen LogP contribution is 2.18. The van der Waals surface area contributed by atoms with Gasteiger partial charge in [0.1, 0.15) is 0 Å². The molecule has 0 aromatic carbocycles. The van der Waals surface area contributed by atoms with Crippen molar-refractivity contribution in [2.75, 3.05) is 33.2 Å². The third kappa shape index (κ3) is 5.37. The Morgan fingerprint density at radius 3 is 2.95 bits per heavy atom. The van der Waals surface area contributed by atoms with Gasteiger partial charge < -0.3 is 9.80 Å². The first kappa shape index (κ1) is 16.9. The predicted octanol–water partition coefficient (Wildman–Crippen LogP) is 1.85. The van der Waals surface area contributed by atoms with E-state index in [4.69, 9.17) is 0 Å². The Bertz CT molecular complexity index is 463. The van der Waals surface area contributed by atoms with E-state index in [1.165, 1.54) is 19.5 Å². The fourth-order valence-corrected chi connectivity index (χ4v) is 3.12. The summed E-state index contributed by atoms with van der Waals surface area (Å²) >= 11 is 0. The molecule has 0 saturated carbocycles. The van der Waals surface area contributed by atoms with Gasteiger partial charge in [-0.15, -0.1) is 0 Å². The lowest BCUT2D eigenvalue weighted by atomic mass is 10.1. The topological polar surface area (TPSA) is 49.3 Å². The van der Waals surface area contributed by atoms with E-state index in [0.29, 0.717) is 24.7 Å². The Labute approximate surface area is 133 Å². The van der Waals surface area contributed by atoms with E-state index in [9.17, 15) is 4.79 Å². The van der Waals surface area contributed by atoms with Crippen molar-refractivity contribution in [2.45, 2.75) is 33.1 Å². The first-order valence-corrected chi connectivity index (χ1v) is 8.25. The van der Waals surface area contributed by atoms with Crippen LogP contribution in [0.1, 0.15) is 32.4 Å². The summed E-state index contributed by atoms with van der Waals surface area (Å²) < 4.78 is 0. The third-order valence-corrected chi connectivity index (χ3v) is 4.16. The molecular weight excluding hydrogens is 276 g/mol. The van der Waals surface area contributed by atoms with Crippen LogP contribution in [0.3, 0.4) is 0 Å². The minimum Gasteiger partial charge on any atom is -0.345 e. The summed E-state index contributed by atoms with van der Waals surface area (Å²) in [6, 6.07) is 0. The molecule has 2 rings (SSSR count). The third-order valence-electron chi connectivity index (χ3n) is 4.16. The van der Waals surface area contributed by atoms with E-state index in [1.54, 1.807) is 18.6 Å². The van der Waals surface area contributed by atoms with E-state index < -0.39 is 0 Å². The average Bonchev–Trinajstić information content (AvgIpc) is 2.92. The van der Waals surface area contributed by atoms with Crippen molar-refractivity contribution >= 4 is 5.91 Å². The fraction of sp³-hybridized carbons (Fsp3) is 0.706. The second-order valence-corrected chi connectivity index (χ2v) is 6.78. The van der Waals surface area contributed by atoms with Crippen LogP contribution in [0.4, 0.5) is 0 Å². The molecule has 22 heavy (non-hydrogen) atoms. The molecule has 1 fully saturated rings. The maximum Gasteiger partial charge on any atom is 0.222 e. The van der Waals surface area contributed by atoms with Crippen LogP contribution in [0.25, 0.3) is 0 Å². The van der Waals surface area contributed by atoms with Crippen molar-refractivity contribution in [2.24, 2.45) is 11.8 Å². The standard InChI is InChI=1S/C17H28N4O/c1-14(2)11-21-9-6-15(13-21)12-20(3)17(22)5-4-16-10-18-7-8-19-16/h7-8,10,14-15H,4-6,9,11-13H2,1-3H3. The SMILES string of the molecule is CC(C)CN1CCC(CN(C)C(=O)CCc2cnccn2)C1. The summed E-state index contributed by atoms with van der Waals surface area (Å²) in [5.74, 6) is 1.53. The van der Waals surface area contributed by atoms with E-state index in [1.807, 2.05) is 11.9 Å². The number of hydrogen-bond acceptors (Lipinski definition) is 4. The lowest BCUT2D eigenvalue weighted by molar-refractivity contribution is -0.130. The van der Waals surface area contributed by atoms with Crippen LogP contribution in [0, 0.1) is 11.8 Å². The molecule has 2 heterocycles. The first-order chi connectivity index (χ1) is 10.5. The smallest absolute Gasteiger partial charge is 0.222 e. The summed E-state index contributed by atoms with van der Waals surface area (Å²) in [7, 11) is 1.92. The number of aromatic nitrogens is 2. The molecule has 1 aromatic rings. The Kier molecular flexibility index (Phi) is 6.31. The van der Waals surface area contributed by atoms with Crippen LogP contribution >= 0.6 is 0 Å². The number of likely N-dealkylation sites (tertiary alicyclic amines) is 1. The molecule has 0 bridgehead atoms. The average molecular weight is 304 g/mol. The van der Waals surface area contributed by atoms with E-state index in [2.05, 4.69) is 28.7 Å². The van der Waals surface area contributed by atoms with Gasteiger partial charge in [0, 0.05) is 51.7 Å². The van der Waals surface area contributed by atoms with Crippen LogP contribution in [0.2, 0.25) is 0 Å². The minimum atomic E-state index is 0.202. The zero-order valence-corrected chi connectivity index (χ0v) is 14.0. The van der Waals surface area contributed by atoms with Gasteiger partial charge in [-0.3, -0.25) is 14.8 Å². The zero-order chi connectivity index (χ0) is 15.9. The molecular formula is C17H28N4O. The lowest BCUT2D eigenvalue weighted by Crippen LogP contribution is -2.33. The zero-order valence-electron chi connectivity index (χ0n) is 14.0. The maximum atomic E-state index is 12.2. The van der Waals surface area contributed by atoms with Gasteiger partial charge >= 0.3 is 0 Å². The predicted molar refractivity (Wildman–Crippen MR) is 87.4 cm³/mol. The highest BCUT2D eigenvalue weighted by molar-refractivity contribution is 5.76. The Morgan fingerprint density at radius 2 is 2.27 bits per heavy atom. The molecule has 5 nitrogen and oxygen atoms in total. The number of rotatable bonds is 7. The summed E-state index contributed by atoms with van der Waals surface area (Å²) in [6.45, 7) is 8.85. The molecule has 5 heteroatoms. The second kappa shape index (κ2) is 8.22. The highest BCUT2D eigenvalue weighted by atomic mass is 16.2. The molecule has 0 N–H and O–H groups in total. The van der Waals surface area contributed by atoms with Gasteiger partial charge in [0.05, 0.1) is 5.69 Å². The Morgan fingerprint density at radius 1 is 1.45 bits per heavy atom. The monoisotopic (exact) mass is 304 g/mol. The van der Waals surface area contributed by atoms with Gasteiger partial charge in [0.15, 0.2) is 0 Å². The van der Waals surface area contributed by atoms with Crippen LogP contribution < -0.4 is 0 Å². The van der Waals surface area contributed by atoms with Crippen molar-refractivity contribution in [3.05, 3.63) is 24.3 Å². The van der Waals surface area contributed by atoms with Crippen molar-refractivity contribution in [3.8, 4) is 0 Å². The molecule has 1 aliphatic rings. The van der Waals surface area contributed by atoms with Crippen molar-refractivity contribution in [1.82, 2.24) is 19.8 Å². The molecule has 1 amide bonds. The number of aryl methyl sites for hydroxylation is 1. The number of amides is 1. The molecule has 1 saturated heterocycles. The molecule has 1 aliphatic heterocycles. The van der Waals surface area contributed by atoms with Crippen molar-refractivity contribution < 1.29 is 4.79 Å². The summed E-state index contributed by atoms with van der Waals surface area (Å²) in [6.07, 6.45) is 7.44. The number of nitrogens with zero attached hydrogens (tertiary/aromatic N) is 4. The van der Waals surface area contributed by atoms with Gasteiger partial charge in [0.2, 0.25) is 5.91 Å². The van der Waals surface area contributed by atoms with Crippen LogP contribution in [0.15, 0.2) is 18.6 Å². The number of carbonyl (C=O) groups is 1. The van der Waals surface area contributed by atoms with Gasteiger partial charge in [-0.2, -0.15) is 0 Å². The van der Waals surface area contributed by atoms with Crippen LogP contribution in [-0.2, 0) is 11.2 Å². The summed E-state index contributed by atoms with van der Waals surface area (Å²) in [4.78, 5) is 24.9. The lowest BCUT2D eigenvalue weighted by Gasteiger charge is -2.22. The molecule has 0 spiro atoms. The quantitative estimate of drug-likeness (QED) is 0.771. The Hall–Kier alpha value is -1.49. The summed E-state index contributed by atoms with van der Waals surface area (Å²) in [5, 5.41) is 0. The summed E-state index contributed by atoms with van der Waals surface area (Å²) in [5.41, 5.74) is 0.883. The van der Waals surface area contributed by atoms with E-state index in [0.717, 1.165) is 18.8 Å². The molecule has 1 aromatic heterocycles. The van der Waals surface area contributed by atoms with Gasteiger partial charge in [-0.1, -0.05) is 13.8 Å². The Balaban J connectivity index is 1.70. The van der Waals surface area contributed by atoms with Crippen molar-refractivity contribution in [3.63, 3.8) is 0 Å². The van der Waals surface area contributed by atoms with Gasteiger partial charge in [-0.25, -0.2) is 0 Å². The van der Waals surface area contributed by atoms with Gasteiger partial charge in [0.25, 0.3) is 0 Å². The molecule has 1 unspecified atom stereocenters. The second-order valence-electron chi connectivity index (χ2n) is 6.78. The number of carbonyl (C=O) groups excluding carboxylic acids is 1. The fourth-order valence-electron chi connectivity index (χ4n) is 3.12. The number of hydrogen-bond donors (Lipinski definition) is 0. The highest BCUT2D eigenvalue weighted by Gasteiger charge is 2.25. The van der Waals surface area contributed by atoms with E-state index in [-0.39, 0.29) is 5.91 Å². The van der Waals surface area contributed by atoms with Crippen LogP contribution in [0.5, 0.6) is 0 Å². The molecule has 1 atom stereocenters. The molecule has 122 valence electrons.